The number of sulfonamides is 1. The van der Waals surface area contributed by atoms with Crippen molar-refractivity contribution in [2.45, 2.75) is 75.7 Å². The number of anilines is 1. The van der Waals surface area contributed by atoms with Crippen LogP contribution in [0.3, 0.4) is 0 Å². The Hall–Kier alpha value is -2.09. The molecule has 0 heterocycles. The third-order valence-corrected chi connectivity index (χ3v) is 9.97. The van der Waals surface area contributed by atoms with Crippen LogP contribution in [-0.4, -0.2) is 105 Å². The van der Waals surface area contributed by atoms with Gasteiger partial charge in [-0.15, -0.1) is 0 Å². The lowest BCUT2D eigenvalue weighted by molar-refractivity contribution is -0.870. The van der Waals surface area contributed by atoms with Gasteiger partial charge in [0.15, 0.2) is 0 Å². The number of quaternary nitrogens is 1. The summed E-state index contributed by atoms with van der Waals surface area (Å²) in [5.74, 6) is -0.526. The molecule has 0 aliphatic rings. The van der Waals surface area contributed by atoms with E-state index in [-0.39, 0.29) is 19.8 Å². The van der Waals surface area contributed by atoms with Gasteiger partial charge in [-0.2, -0.15) is 0 Å². The fourth-order valence-electron chi connectivity index (χ4n) is 4.95. The van der Waals surface area contributed by atoms with Gasteiger partial charge in [-0.05, 0) is 25.0 Å². The van der Waals surface area contributed by atoms with Gasteiger partial charge in [-0.1, -0.05) is 69.2 Å². The minimum absolute atomic E-state index is 0.0570. The number of phosphoric acid groups is 1. The number of phosphoric ester groups is 1. The number of carbonyl (C=O) groups excluding carboxylic acids is 1. The number of likely N-dealkylation sites (N-methyl/N-ethyl adjacent to an activating group) is 1. The van der Waals surface area contributed by atoms with Crippen LogP contribution < -0.4 is 9.62 Å². The topological polar surface area (TPSA) is 141 Å². The molecule has 2 rings (SSSR count). The van der Waals surface area contributed by atoms with Crippen LogP contribution in [0, 0.1) is 0 Å². The summed E-state index contributed by atoms with van der Waals surface area (Å²) in [6.07, 6.45) is 8.32. The van der Waals surface area contributed by atoms with E-state index >= 15 is 0 Å². The number of unbranched alkanes of at least 4 members (excludes halogenated alkanes) is 8. The van der Waals surface area contributed by atoms with E-state index in [0.29, 0.717) is 29.1 Å². The lowest BCUT2D eigenvalue weighted by Gasteiger charge is -2.24. The zero-order valence-electron chi connectivity index (χ0n) is 29.1. The van der Waals surface area contributed by atoms with Gasteiger partial charge in [0, 0.05) is 50.6 Å². The third kappa shape index (κ3) is 16.7. The molecule has 2 aromatic rings. The molecule has 0 saturated carbocycles. The van der Waals surface area contributed by atoms with Gasteiger partial charge in [-0.3, -0.25) is 13.8 Å². The first-order valence-corrected chi connectivity index (χ1v) is 19.5. The van der Waals surface area contributed by atoms with Crippen LogP contribution in [0.1, 0.15) is 64.7 Å². The summed E-state index contributed by atoms with van der Waals surface area (Å²) in [6, 6.07) is 11.1. The number of hydrogen-bond donors (Lipinski definition) is 2. The summed E-state index contributed by atoms with van der Waals surface area (Å²) in [5, 5.41) is 1.64. The normalized spacial score (nSPS) is 14.2. The highest BCUT2D eigenvalue weighted by molar-refractivity contribution is 7.89. The largest absolute Gasteiger partial charge is 0.472 e. The molecule has 0 aliphatic carbocycles. The molecule has 0 fully saturated rings. The summed E-state index contributed by atoms with van der Waals surface area (Å²) < 4.78 is 62.4. The lowest BCUT2D eigenvalue weighted by Crippen LogP contribution is -2.37. The van der Waals surface area contributed by atoms with Crippen molar-refractivity contribution >= 4 is 40.3 Å². The second kappa shape index (κ2) is 20.4. The molecule has 0 spiro atoms. The standard InChI is InChI=1S/C33H56N3O9PS/c1-28(37)45-29(27-44-46(38,39)43-25-23-36(4,5)6)26-42-24-15-13-11-9-7-8-10-12-14-22-34-47(40,41)33-21-17-18-30-31(33)19-16-20-32(30)35(2)3/h16-21,29,34H,7-15,22-27H2,1-6H3/p+1/t29-/m1/s1. The van der Waals surface area contributed by atoms with Crippen molar-refractivity contribution in [3.05, 3.63) is 36.4 Å². The maximum absolute atomic E-state index is 13.0. The number of nitrogens with zero attached hydrogens (tertiary/aromatic N) is 2. The Morgan fingerprint density at radius 2 is 1.47 bits per heavy atom. The fraction of sp³-hybridized carbons (Fsp3) is 0.667. The van der Waals surface area contributed by atoms with Crippen molar-refractivity contribution in [3.63, 3.8) is 0 Å². The molecule has 0 amide bonds. The quantitative estimate of drug-likeness (QED) is 0.0592. The highest BCUT2D eigenvalue weighted by Crippen LogP contribution is 2.43. The van der Waals surface area contributed by atoms with E-state index in [2.05, 4.69) is 4.72 Å². The zero-order valence-corrected chi connectivity index (χ0v) is 30.8. The second-order valence-corrected chi connectivity index (χ2v) is 16.2. The van der Waals surface area contributed by atoms with Crippen LogP contribution in [0.15, 0.2) is 41.3 Å². The maximum Gasteiger partial charge on any atom is 0.472 e. The van der Waals surface area contributed by atoms with Crippen molar-refractivity contribution in [3.8, 4) is 0 Å². The molecule has 2 atom stereocenters. The van der Waals surface area contributed by atoms with Crippen molar-refractivity contribution in [1.29, 1.82) is 0 Å². The Morgan fingerprint density at radius 1 is 0.872 bits per heavy atom. The minimum atomic E-state index is -4.26. The van der Waals surface area contributed by atoms with Crippen molar-refractivity contribution in [1.82, 2.24) is 4.72 Å². The first-order chi connectivity index (χ1) is 22.1. The van der Waals surface area contributed by atoms with E-state index in [1.54, 1.807) is 12.1 Å². The Kier molecular flexibility index (Phi) is 17.9. The van der Waals surface area contributed by atoms with E-state index in [0.717, 1.165) is 74.2 Å². The molecule has 14 heteroatoms. The molecule has 2 N–H and O–H groups in total. The summed E-state index contributed by atoms with van der Waals surface area (Å²) in [4.78, 5) is 23.6. The summed E-state index contributed by atoms with van der Waals surface area (Å²) in [5.41, 5.74) is 0.982. The molecule has 1 unspecified atom stereocenters. The molecule has 0 radical (unpaired) electrons. The van der Waals surface area contributed by atoms with Gasteiger partial charge in [0.05, 0.1) is 39.3 Å². The highest BCUT2D eigenvalue weighted by atomic mass is 32.2. The molecule has 47 heavy (non-hydrogen) atoms. The van der Waals surface area contributed by atoms with E-state index in [4.69, 9.17) is 18.5 Å². The molecule has 0 bridgehead atoms. The van der Waals surface area contributed by atoms with Crippen molar-refractivity contribution in [2.75, 3.05) is 79.7 Å². The van der Waals surface area contributed by atoms with Gasteiger partial charge in [0.1, 0.15) is 19.3 Å². The number of hydrogen-bond acceptors (Lipinski definition) is 9. The van der Waals surface area contributed by atoms with E-state index < -0.39 is 29.9 Å². The fourth-order valence-corrected chi connectivity index (χ4v) is 6.99. The summed E-state index contributed by atoms with van der Waals surface area (Å²) in [6.45, 7) is 2.52. The van der Waals surface area contributed by atoms with E-state index in [1.165, 1.54) is 6.92 Å². The van der Waals surface area contributed by atoms with E-state index in [1.807, 2.05) is 64.4 Å². The monoisotopic (exact) mass is 702 g/mol. The highest BCUT2D eigenvalue weighted by Gasteiger charge is 2.26. The number of esters is 1. The number of rotatable bonds is 25. The molecule has 268 valence electrons. The van der Waals surface area contributed by atoms with Crippen LogP contribution in [0.4, 0.5) is 5.69 Å². The number of ether oxygens (including phenoxy) is 2. The van der Waals surface area contributed by atoms with Crippen LogP contribution in [0.2, 0.25) is 0 Å². The molecule has 0 aromatic heterocycles. The SMILES string of the molecule is CC(=O)O[C@H](COCCCCCCCCCCCNS(=O)(=O)c1cccc2c(N(C)C)cccc12)COP(=O)(O)OCC[N+](C)(C)C. The number of carbonyl (C=O) groups is 1. The number of benzene rings is 2. The van der Waals surface area contributed by atoms with Crippen LogP contribution >= 0.6 is 7.82 Å². The maximum atomic E-state index is 13.0. The average Bonchev–Trinajstić information content (AvgIpc) is 2.98. The average molecular weight is 703 g/mol. The van der Waals surface area contributed by atoms with Crippen molar-refractivity contribution < 1.29 is 45.7 Å². The zero-order chi connectivity index (χ0) is 34.9. The molecule has 12 nitrogen and oxygen atoms in total. The van der Waals surface area contributed by atoms with Crippen LogP contribution in [-0.2, 0) is 37.9 Å². The molecular weight excluding hydrogens is 645 g/mol. The molecule has 2 aromatic carbocycles. The Morgan fingerprint density at radius 3 is 2.09 bits per heavy atom. The predicted octanol–water partition coefficient (Wildman–Crippen LogP) is 5.48. The smallest absolute Gasteiger partial charge is 0.458 e. The van der Waals surface area contributed by atoms with Crippen LogP contribution in [0.5, 0.6) is 0 Å². The van der Waals surface area contributed by atoms with Crippen LogP contribution in [0.25, 0.3) is 10.8 Å². The van der Waals surface area contributed by atoms with Gasteiger partial charge in [0.2, 0.25) is 10.0 Å². The first kappa shape index (κ1) is 41.1. The minimum Gasteiger partial charge on any atom is -0.458 e. The Labute approximate surface area is 282 Å². The number of fused-ring (bicyclic) bond motifs is 1. The second-order valence-electron chi connectivity index (χ2n) is 13.0. The molecule has 0 aliphatic heterocycles. The predicted molar refractivity (Wildman–Crippen MR) is 186 cm³/mol. The molecule has 0 saturated heterocycles. The third-order valence-electron chi connectivity index (χ3n) is 7.46. The molecular formula is C33H57N3O9PS+. The van der Waals surface area contributed by atoms with Gasteiger partial charge >= 0.3 is 13.8 Å². The van der Waals surface area contributed by atoms with Gasteiger partial charge < -0.3 is 23.8 Å². The summed E-state index contributed by atoms with van der Waals surface area (Å²) >= 11 is 0. The van der Waals surface area contributed by atoms with Gasteiger partial charge in [-0.25, -0.2) is 17.7 Å². The first-order valence-electron chi connectivity index (χ1n) is 16.5. The van der Waals surface area contributed by atoms with E-state index in [9.17, 15) is 22.7 Å². The Bertz CT molecular complexity index is 1380. The van der Waals surface area contributed by atoms with Crippen molar-refractivity contribution in [2.24, 2.45) is 0 Å². The van der Waals surface area contributed by atoms with Gasteiger partial charge in [0.25, 0.3) is 0 Å². The summed E-state index contributed by atoms with van der Waals surface area (Å²) in [7, 11) is 1.85. The lowest BCUT2D eigenvalue weighted by atomic mass is 10.1. The Balaban J connectivity index is 1.54. The number of nitrogens with one attached hydrogen (secondary N) is 1.